The molecule has 5 nitrogen and oxygen atoms in total. The van der Waals surface area contributed by atoms with E-state index in [0.29, 0.717) is 3.58 Å². The number of hydrogen-bond acceptors (Lipinski definition) is 4. The van der Waals surface area contributed by atoms with Gasteiger partial charge in [0, 0.05) is 3.58 Å². The van der Waals surface area contributed by atoms with Crippen LogP contribution in [0.1, 0.15) is 0 Å². The lowest BCUT2D eigenvalue weighted by Crippen LogP contribution is -2.39. The molecule has 0 aromatic rings. The molecule has 0 spiro atoms. The molecule has 0 fully saturated rings. The maximum absolute atomic E-state index is 12.8. The molecule has 0 radical (unpaired) electrons. The van der Waals surface area contributed by atoms with Gasteiger partial charge in [-0.1, -0.05) is 0 Å². The van der Waals surface area contributed by atoms with Gasteiger partial charge < -0.3 is 20.3 Å². The maximum atomic E-state index is 12.8. The van der Waals surface area contributed by atoms with Crippen LogP contribution in [-0.4, -0.2) is 23.4 Å². The predicted octanol–water partition coefficient (Wildman–Crippen LogP) is 1.16. The zero-order chi connectivity index (χ0) is 12.1. The smallest absolute Gasteiger partial charge is 0.481 e. The number of carboxylic acid groups (broad SMARTS) is 1. The van der Waals surface area contributed by atoms with Gasteiger partial charge in [0.1, 0.15) is 5.92 Å². The van der Waals surface area contributed by atoms with Crippen molar-refractivity contribution in [2.24, 2.45) is 11.7 Å². The lowest BCUT2D eigenvalue weighted by molar-refractivity contribution is -0.337. The van der Waals surface area contributed by atoms with E-state index in [4.69, 9.17) is 10.8 Å². The average molecular weight is 345 g/mol. The van der Waals surface area contributed by atoms with E-state index in [2.05, 4.69) is 9.47 Å². The quantitative estimate of drug-likeness (QED) is 0.697. The number of aliphatic carboxylic acids is 1. The molecular formula is C8H6F2INO4. The number of rotatable bonds is 1. The summed E-state index contributed by atoms with van der Waals surface area (Å²) in [6.45, 7) is 0. The van der Waals surface area contributed by atoms with Gasteiger partial charge in [0.05, 0.1) is 6.04 Å². The van der Waals surface area contributed by atoms with Crippen LogP contribution in [0.5, 0.6) is 0 Å². The molecule has 8 heteroatoms. The fourth-order valence-electron chi connectivity index (χ4n) is 1.50. The first-order chi connectivity index (χ1) is 7.32. The van der Waals surface area contributed by atoms with Gasteiger partial charge in [0.2, 0.25) is 0 Å². The highest BCUT2D eigenvalue weighted by Crippen LogP contribution is 2.43. The number of ether oxygens (including phenoxy) is 2. The summed E-state index contributed by atoms with van der Waals surface area (Å²) in [5.41, 5.74) is 5.60. The number of nitrogens with two attached hydrogens (primary N) is 1. The SMILES string of the molecule is NC1C(I)=CC2=C(OC(F)(F)O2)C1C(=O)O. The van der Waals surface area contributed by atoms with Crippen LogP contribution in [0.2, 0.25) is 0 Å². The minimum atomic E-state index is -3.82. The molecule has 3 N–H and O–H groups in total. The Kier molecular flexibility index (Phi) is 2.57. The Morgan fingerprint density at radius 1 is 1.56 bits per heavy atom. The summed E-state index contributed by atoms with van der Waals surface area (Å²) in [4.78, 5) is 10.9. The monoisotopic (exact) mass is 345 g/mol. The van der Waals surface area contributed by atoms with Crippen LogP contribution in [0.4, 0.5) is 8.78 Å². The van der Waals surface area contributed by atoms with Gasteiger partial charge >= 0.3 is 12.3 Å². The summed E-state index contributed by atoms with van der Waals surface area (Å²) in [6.07, 6.45) is -2.57. The number of carbonyl (C=O) groups is 1. The fraction of sp³-hybridized carbons (Fsp3) is 0.375. The molecule has 0 aromatic heterocycles. The topological polar surface area (TPSA) is 81.8 Å². The van der Waals surface area contributed by atoms with E-state index >= 15 is 0 Å². The van der Waals surface area contributed by atoms with Gasteiger partial charge in [0.15, 0.2) is 11.5 Å². The molecule has 0 saturated carbocycles. The van der Waals surface area contributed by atoms with Crippen molar-refractivity contribution in [2.75, 3.05) is 0 Å². The van der Waals surface area contributed by atoms with Crippen molar-refractivity contribution in [2.45, 2.75) is 12.3 Å². The largest absolute Gasteiger partial charge is 0.585 e. The number of hydrogen-bond donors (Lipinski definition) is 2. The molecule has 2 rings (SSSR count). The Labute approximate surface area is 102 Å². The van der Waals surface area contributed by atoms with Crippen molar-refractivity contribution in [1.82, 2.24) is 0 Å². The van der Waals surface area contributed by atoms with E-state index in [9.17, 15) is 13.6 Å². The average Bonchev–Trinajstić information content (AvgIpc) is 2.40. The molecule has 2 aliphatic rings. The van der Waals surface area contributed by atoms with E-state index < -0.39 is 30.0 Å². The normalized spacial score (nSPS) is 31.4. The molecule has 16 heavy (non-hydrogen) atoms. The first-order valence-electron chi connectivity index (χ1n) is 4.17. The Hall–Kier alpha value is -0.900. The molecule has 0 amide bonds. The lowest BCUT2D eigenvalue weighted by Gasteiger charge is -2.22. The summed E-state index contributed by atoms with van der Waals surface area (Å²) in [5, 5.41) is 8.92. The Morgan fingerprint density at radius 2 is 2.19 bits per heavy atom. The van der Waals surface area contributed by atoms with Crippen LogP contribution in [-0.2, 0) is 14.3 Å². The molecule has 88 valence electrons. The minimum absolute atomic E-state index is 0.275. The minimum Gasteiger partial charge on any atom is -0.481 e. The Balaban J connectivity index is 2.42. The standard InChI is InChI=1S/C8H6F2INO4/c9-8(10)15-3-1-2(11)5(12)4(7(13)14)6(3)16-8/h1,4-5H,12H2,(H,13,14). The van der Waals surface area contributed by atoms with E-state index in [1.807, 2.05) is 0 Å². The van der Waals surface area contributed by atoms with E-state index in [1.165, 1.54) is 6.08 Å². The Morgan fingerprint density at radius 3 is 2.75 bits per heavy atom. The van der Waals surface area contributed by atoms with Crippen molar-refractivity contribution in [1.29, 1.82) is 0 Å². The first-order valence-corrected chi connectivity index (χ1v) is 5.25. The molecule has 1 aliphatic carbocycles. The van der Waals surface area contributed by atoms with Crippen molar-refractivity contribution in [3.8, 4) is 0 Å². The highest BCUT2D eigenvalue weighted by Gasteiger charge is 2.51. The third-order valence-electron chi connectivity index (χ3n) is 2.20. The molecule has 1 aliphatic heterocycles. The van der Waals surface area contributed by atoms with Crippen molar-refractivity contribution < 1.29 is 28.2 Å². The number of halogens is 3. The van der Waals surface area contributed by atoms with Gasteiger partial charge in [-0.25, -0.2) is 0 Å². The predicted molar refractivity (Wildman–Crippen MR) is 55.3 cm³/mol. The molecule has 0 saturated heterocycles. The maximum Gasteiger partial charge on any atom is 0.585 e. The van der Waals surface area contributed by atoms with Crippen molar-refractivity contribution in [3.05, 3.63) is 21.2 Å². The van der Waals surface area contributed by atoms with Crippen LogP contribution >= 0.6 is 22.6 Å². The molecule has 0 bridgehead atoms. The summed E-state index contributed by atoms with van der Waals surface area (Å²) >= 11 is 1.78. The van der Waals surface area contributed by atoms with Gasteiger partial charge in [-0.05, 0) is 28.7 Å². The lowest BCUT2D eigenvalue weighted by atomic mass is 9.93. The summed E-state index contributed by atoms with van der Waals surface area (Å²) in [7, 11) is 0. The second kappa shape index (κ2) is 3.55. The number of alkyl halides is 2. The molecule has 0 aromatic carbocycles. The third kappa shape index (κ3) is 1.75. The Bertz CT molecular complexity index is 420. The molecule has 1 heterocycles. The zero-order valence-electron chi connectivity index (χ0n) is 7.62. The second-order valence-corrected chi connectivity index (χ2v) is 4.51. The number of carboxylic acids is 1. The van der Waals surface area contributed by atoms with Crippen LogP contribution < -0.4 is 5.73 Å². The second-order valence-electron chi connectivity index (χ2n) is 3.27. The van der Waals surface area contributed by atoms with Crippen LogP contribution in [0, 0.1) is 5.92 Å². The number of allylic oxidation sites excluding steroid dienone is 1. The van der Waals surface area contributed by atoms with Crippen LogP contribution in [0.3, 0.4) is 0 Å². The van der Waals surface area contributed by atoms with Crippen molar-refractivity contribution in [3.63, 3.8) is 0 Å². The van der Waals surface area contributed by atoms with E-state index in [0.717, 1.165) is 0 Å². The van der Waals surface area contributed by atoms with Gasteiger partial charge in [0.25, 0.3) is 0 Å². The van der Waals surface area contributed by atoms with Gasteiger partial charge in [-0.3, -0.25) is 4.79 Å². The van der Waals surface area contributed by atoms with Crippen LogP contribution in [0.15, 0.2) is 21.2 Å². The van der Waals surface area contributed by atoms with Crippen LogP contribution in [0.25, 0.3) is 0 Å². The summed E-state index contributed by atoms with van der Waals surface area (Å²) in [6, 6.07) is -0.908. The fourth-order valence-corrected chi connectivity index (χ4v) is 2.15. The van der Waals surface area contributed by atoms with Gasteiger partial charge in [-0.15, -0.1) is 8.78 Å². The molecule has 2 atom stereocenters. The van der Waals surface area contributed by atoms with Gasteiger partial charge in [-0.2, -0.15) is 0 Å². The van der Waals surface area contributed by atoms with Crippen molar-refractivity contribution >= 4 is 28.6 Å². The molecule has 2 unspecified atom stereocenters. The summed E-state index contributed by atoms with van der Waals surface area (Å²) in [5.74, 6) is -3.38. The van der Waals surface area contributed by atoms with E-state index in [-0.39, 0.29) is 5.76 Å². The third-order valence-corrected chi connectivity index (χ3v) is 3.23. The molecular weight excluding hydrogens is 339 g/mol. The first kappa shape index (κ1) is 11.6. The highest BCUT2D eigenvalue weighted by molar-refractivity contribution is 14.1. The summed E-state index contributed by atoms with van der Waals surface area (Å²) < 4.78 is 34.3. The van der Waals surface area contributed by atoms with E-state index in [1.54, 1.807) is 22.6 Å². The highest BCUT2D eigenvalue weighted by atomic mass is 127. The zero-order valence-corrected chi connectivity index (χ0v) is 9.77.